The molecule has 1 rings (SSSR count). The summed E-state index contributed by atoms with van der Waals surface area (Å²) < 4.78 is 4.85. The van der Waals surface area contributed by atoms with Gasteiger partial charge in [0.25, 0.3) is 0 Å². The number of ether oxygens (including phenoxy) is 1. The number of amides is 2. The van der Waals surface area contributed by atoms with Crippen LogP contribution in [0.5, 0.6) is 0 Å². The lowest BCUT2D eigenvalue weighted by Crippen LogP contribution is -2.45. The zero-order valence-corrected chi connectivity index (χ0v) is 5.41. The highest BCUT2D eigenvalue weighted by molar-refractivity contribution is 5.72. The van der Waals surface area contributed by atoms with E-state index >= 15 is 0 Å². The Balaban J connectivity index is 2.33. The van der Waals surface area contributed by atoms with Gasteiger partial charge < -0.3 is 20.9 Å². The molecule has 5 nitrogen and oxygen atoms in total. The van der Waals surface area contributed by atoms with Crippen LogP contribution in [-0.2, 0) is 4.74 Å². The molecule has 0 unspecified atom stereocenters. The van der Waals surface area contributed by atoms with Crippen molar-refractivity contribution in [2.75, 3.05) is 13.2 Å². The smallest absolute Gasteiger partial charge is 0.312 e. The average molecular weight is 146 g/mol. The second-order valence-electron chi connectivity index (χ2n) is 2.22. The number of urea groups is 1. The number of nitrogens with two attached hydrogens (primary N) is 1. The number of aliphatic hydroxyl groups excluding tert-OH is 1. The van der Waals surface area contributed by atoms with Crippen LogP contribution in [0.1, 0.15) is 0 Å². The van der Waals surface area contributed by atoms with Gasteiger partial charge in [-0.3, -0.25) is 0 Å². The van der Waals surface area contributed by atoms with Gasteiger partial charge in [-0.05, 0) is 0 Å². The Hall–Kier alpha value is -0.810. The molecular formula is C5H10N2O3. The van der Waals surface area contributed by atoms with Gasteiger partial charge >= 0.3 is 6.03 Å². The highest BCUT2D eigenvalue weighted by atomic mass is 16.5. The van der Waals surface area contributed by atoms with Gasteiger partial charge in [-0.2, -0.15) is 0 Å². The van der Waals surface area contributed by atoms with Crippen LogP contribution in [0.15, 0.2) is 0 Å². The van der Waals surface area contributed by atoms with E-state index in [0.717, 1.165) is 0 Å². The summed E-state index contributed by atoms with van der Waals surface area (Å²) in [5, 5.41) is 11.4. The molecule has 0 aromatic carbocycles. The first-order valence-electron chi connectivity index (χ1n) is 3.02. The number of aliphatic hydroxyl groups is 1. The summed E-state index contributed by atoms with van der Waals surface area (Å²) in [5.74, 6) is 0. The molecule has 0 bridgehead atoms. The van der Waals surface area contributed by atoms with Crippen molar-refractivity contribution < 1.29 is 14.6 Å². The lowest BCUT2D eigenvalue weighted by Gasteiger charge is -2.11. The number of carbonyl (C=O) groups is 1. The predicted octanol–water partition coefficient (Wildman–Crippen LogP) is -1.59. The van der Waals surface area contributed by atoms with Gasteiger partial charge in [-0.25, -0.2) is 4.79 Å². The van der Waals surface area contributed by atoms with E-state index in [0.29, 0.717) is 6.61 Å². The van der Waals surface area contributed by atoms with Crippen molar-refractivity contribution in [2.24, 2.45) is 5.73 Å². The third-order valence-corrected chi connectivity index (χ3v) is 1.38. The third kappa shape index (κ3) is 1.58. The minimum atomic E-state index is -0.630. The summed E-state index contributed by atoms with van der Waals surface area (Å²) >= 11 is 0. The highest BCUT2D eigenvalue weighted by Gasteiger charge is 2.26. The number of rotatable bonds is 1. The molecule has 2 atom stereocenters. The van der Waals surface area contributed by atoms with E-state index in [1.54, 1.807) is 0 Å². The van der Waals surface area contributed by atoms with Crippen molar-refractivity contribution in [1.29, 1.82) is 0 Å². The first-order valence-corrected chi connectivity index (χ1v) is 3.02. The quantitative estimate of drug-likeness (QED) is 0.417. The van der Waals surface area contributed by atoms with Gasteiger partial charge in [-0.1, -0.05) is 0 Å². The summed E-state index contributed by atoms with van der Waals surface area (Å²) in [7, 11) is 0. The lowest BCUT2D eigenvalue weighted by atomic mass is 10.2. The maximum absolute atomic E-state index is 10.2. The zero-order chi connectivity index (χ0) is 7.56. The van der Waals surface area contributed by atoms with Crippen LogP contribution in [0.2, 0.25) is 0 Å². The maximum Gasteiger partial charge on any atom is 0.312 e. The molecule has 10 heavy (non-hydrogen) atoms. The van der Waals surface area contributed by atoms with Gasteiger partial charge in [0.15, 0.2) is 0 Å². The molecule has 2 amide bonds. The number of nitrogens with one attached hydrogen (secondary N) is 1. The second-order valence-corrected chi connectivity index (χ2v) is 2.22. The minimum Gasteiger partial charge on any atom is -0.388 e. The summed E-state index contributed by atoms with van der Waals surface area (Å²) in [4.78, 5) is 10.2. The molecule has 1 aliphatic rings. The monoisotopic (exact) mass is 146 g/mol. The topological polar surface area (TPSA) is 84.6 Å². The average Bonchev–Trinajstić information content (AvgIpc) is 2.15. The van der Waals surface area contributed by atoms with Gasteiger partial charge in [0.2, 0.25) is 0 Å². The fourth-order valence-electron chi connectivity index (χ4n) is 0.864. The molecule has 1 saturated heterocycles. The van der Waals surface area contributed by atoms with Crippen LogP contribution in [0, 0.1) is 0 Å². The van der Waals surface area contributed by atoms with Gasteiger partial charge in [0.05, 0.1) is 25.4 Å². The Labute approximate surface area is 58.2 Å². The van der Waals surface area contributed by atoms with E-state index < -0.39 is 12.1 Å². The molecule has 1 heterocycles. The lowest BCUT2D eigenvalue weighted by molar-refractivity contribution is 0.123. The first-order chi connectivity index (χ1) is 4.70. The molecule has 0 spiro atoms. The highest BCUT2D eigenvalue weighted by Crippen LogP contribution is 2.03. The minimum absolute atomic E-state index is 0.269. The largest absolute Gasteiger partial charge is 0.388 e. The Bertz CT molecular complexity index is 139. The maximum atomic E-state index is 10.2. The first kappa shape index (κ1) is 7.30. The predicted molar refractivity (Wildman–Crippen MR) is 33.3 cm³/mol. The van der Waals surface area contributed by atoms with E-state index in [-0.39, 0.29) is 12.6 Å². The van der Waals surface area contributed by atoms with Crippen molar-refractivity contribution in [3.05, 3.63) is 0 Å². The van der Waals surface area contributed by atoms with Crippen LogP contribution in [-0.4, -0.2) is 36.5 Å². The molecule has 4 N–H and O–H groups in total. The molecular weight excluding hydrogens is 136 g/mol. The standard InChI is InChI=1S/C5H10N2O3/c6-5(9)7-3-1-10-2-4(3)8/h3-4,8H,1-2H2,(H3,6,7,9)/t3-,4-/m1/s1. The number of carbonyl (C=O) groups excluding carboxylic acids is 1. The van der Waals surface area contributed by atoms with E-state index in [2.05, 4.69) is 5.32 Å². The normalized spacial score (nSPS) is 32.1. The van der Waals surface area contributed by atoms with Crippen LogP contribution < -0.4 is 11.1 Å². The van der Waals surface area contributed by atoms with Crippen molar-refractivity contribution in [2.45, 2.75) is 12.1 Å². The van der Waals surface area contributed by atoms with Gasteiger partial charge in [-0.15, -0.1) is 0 Å². The number of hydrogen-bond acceptors (Lipinski definition) is 3. The molecule has 58 valence electrons. The third-order valence-electron chi connectivity index (χ3n) is 1.38. The van der Waals surface area contributed by atoms with Gasteiger partial charge in [0, 0.05) is 0 Å². The number of hydrogen-bond donors (Lipinski definition) is 3. The molecule has 0 aromatic heterocycles. The summed E-state index contributed by atoms with van der Waals surface area (Å²) in [6.07, 6.45) is -0.618. The molecule has 1 fully saturated rings. The van der Waals surface area contributed by atoms with E-state index in [1.165, 1.54) is 0 Å². The molecule has 0 radical (unpaired) electrons. The Morgan fingerprint density at radius 2 is 2.40 bits per heavy atom. The second kappa shape index (κ2) is 2.85. The summed E-state index contributed by atoms with van der Waals surface area (Å²) in [6, 6.07) is -0.966. The van der Waals surface area contributed by atoms with Crippen molar-refractivity contribution in [3.63, 3.8) is 0 Å². The van der Waals surface area contributed by atoms with E-state index in [4.69, 9.17) is 15.6 Å². The van der Waals surface area contributed by atoms with Crippen molar-refractivity contribution >= 4 is 6.03 Å². The van der Waals surface area contributed by atoms with E-state index in [1.807, 2.05) is 0 Å². The molecule has 1 aliphatic heterocycles. The van der Waals surface area contributed by atoms with Crippen molar-refractivity contribution in [3.8, 4) is 0 Å². The van der Waals surface area contributed by atoms with Crippen LogP contribution in [0.3, 0.4) is 0 Å². The van der Waals surface area contributed by atoms with Crippen LogP contribution in [0.25, 0.3) is 0 Å². The fraction of sp³-hybridized carbons (Fsp3) is 0.800. The SMILES string of the molecule is NC(=O)N[C@@H]1COC[C@H]1O. The van der Waals surface area contributed by atoms with Gasteiger partial charge in [0.1, 0.15) is 0 Å². The zero-order valence-electron chi connectivity index (χ0n) is 5.41. The molecule has 5 heteroatoms. The molecule has 0 saturated carbocycles. The summed E-state index contributed by atoms with van der Waals surface area (Å²) in [5.41, 5.74) is 4.82. The number of primary amides is 1. The van der Waals surface area contributed by atoms with Crippen LogP contribution in [0.4, 0.5) is 4.79 Å². The Kier molecular flexibility index (Phi) is 2.08. The van der Waals surface area contributed by atoms with E-state index in [9.17, 15) is 4.79 Å². The molecule has 0 aromatic rings. The summed E-state index contributed by atoms with van der Waals surface area (Å²) in [6.45, 7) is 0.606. The molecule has 0 aliphatic carbocycles. The Morgan fingerprint density at radius 3 is 2.80 bits per heavy atom. The Morgan fingerprint density at radius 1 is 1.70 bits per heavy atom. The van der Waals surface area contributed by atoms with Crippen molar-refractivity contribution in [1.82, 2.24) is 5.32 Å². The fourth-order valence-corrected chi connectivity index (χ4v) is 0.864. The van der Waals surface area contributed by atoms with Crippen LogP contribution >= 0.6 is 0 Å².